The topological polar surface area (TPSA) is 84.7 Å². The summed E-state index contributed by atoms with van der Waals surface area (Å²) in [6, 6.07) is 7.94. The normalized spacial score (nSPS) is 13.4. The van der Waals surface area contributed by atoms with Crippen LogP contribution in [0, 0.1) is 0 Å². The molecule has 1 saturated carbocycles. The zero-order valence-electron chi connectivity index (χ0n) is 15.4. The number of amides is 2. The van der Waals surface area contributed by atoms with Gasteiger partial charge >= 0.3 is 0 Å². The van der Waals surface area contributed by atoms with E-state index < -0.39 is 0 Å². The molecule has 2 heterocycles. The Labute approximate surface area is 166 Å². The summed E-state index contributed by atoms with van der Waals surface area (Å²) in [5.41, 5.74) is 1.87. The zero-order valence-corrected chi connectivity index (χ0v) is 16.2. The van der Waals surface area contributed by atoms with Crippen molar-refractivity contribution >= 4 is 28.1 Å². The number of ether oxygens (including phenoxy) is 1. The molecular formula is C20H22N4O3S. The van der Waals surface area contributed by atoms with Gasteiger partial charge in [-0.1, -0.05) is 12.1 Å². The van der Waals surface area contributed by atoms with E-state index in [4.69, 9.17) is 4.74 Å². The summed E-state index contributed by atoms with van der Waals surface area (Å²) in [5, 5.41) is 7.78. The van der Waals surface area contributed by atoms with Gasteiger partial charge in [0, 0.05) is 30.4 Å². The van der Waals surface area contributed by atoms with Gasteiger partial charge in [-0.05, 0) is 37.0 Å². The number of nitrogens with zero attached hydrogens (tertiary/aromatic N) is 2. The minimum atomic E-state index is -0.0770. The molecule has 7 nitrogen and oxygen atoms in total. The van der Waals surface area contributed by atoms with Crippen LogP contribution in [0.1, 0.15) is 24.1 Å². The number of carbonyl (C=O) groups is 2. The van der Waals surface area contributed by atoms with Crippen molar-refractivity contribution in [3.63, 3.8) is 0 Å². The standard InChI is InChI=1S/C20H22N4O3S/c25-18(11-16-12-24-9-10-28-20(24)23-16)21-8-7-14-1-5-17(6-2-14)27-13-19(26)22-15-3-4-15/h1-2,5-6,9-10,12,15H,3-4,7-8,11,13H2,(H,21,25)(H,22,26). The van der Waals surface area contributed by atoms with Crippen LogP contribution >= 0.6 is 11.3 Å². The zero-order chi connectivity index (χ0) is 19.3. The van der Waals surface area contributed by atoms with Crippen LogP contribution in [0.25, 0.3) is 4.96 Å². The summed E-state index contributed by atoms with van der Waals surface area (Å²) in [6.07, 6.45) is 6.96. The van der Waals surface area contributed by atoms with Crippen LogP contribution in [0.2, 0.25) is 0 Å². The molecular weight excluding hydrogens is 376 g/mol. The van der Waals surface area contributed by atoms with Crippen molar-refractivity contribution in [2.75, 3.05) is 13.2 Å². The first-order chi connectivity index (χ1) is 13.7. The van der Waals surface area contributed by atoms with E-state index in [9.17, 15) is 9.59 Å². The molecule has 4 rings (SSSR count). The molecule has 1 aliphatic rings. The lowest BCUT2D eigenvalue weighted by atomic mass is 10.1. The van der Waals surface area contributed by atoms with E-state index in [1.807, 2.05) is 46.4 Å². The lowest BCUT2D eigenvalue weighted by molar-refractivity contribution is -0.123. The summed E-state index contributed by atoms with van der Waals surface area (Å²) < 4.78 is 7.41. The molecule has 2 amide bonds. The first kappa shape index (κ1) is 18.5. The molecule has 0 bridgehead atoms. The van der Waals surface area contributed by atoms with Gasteiger partial charge in [-0.25, -0.2) is 4.98 Å². The third kappa shape index (κ3) is 5.10. The molecule has 0 saturated heterocycles. The average Bonchev–Trinajstić information content (AvgIpc) is 3.24. The van der Waals surface area contributed by atoms with Gasteiger partial charge in [0.2, 0.25) is 5.91 Å². The molecule has 1 fully saturated rings. The summed E-state index contributed by atoms with van der Waals surface area (Å²) in [5.74, 6) is 0.553. The molecule has 1 aromatic carbocycles. The predicted octanol–water partition coefficient (Wildman–Crippen LogP) is 1.95. The Morgan fingerprint density at radius 1 is 1.21 bits per heavy atom. The van der Waals surface area contributed by atoms with Crippen molar-refractivity contribution in [3.8, 4) is 5.75 Å². The molecule has 0 aliphatic heterocycles. The van der Waals surface area contributed by atoms with Crippen molar-refractivity contribution in [1.82, 2.24) is 20.0 Å². The quantitative estimate of drug-likeness (QED) is 0.577. The van der Waals surface area contributed by atoms with Crippen LogP contribution in [0.15, 0.2) is 42.0 Å². The van der Waals surface area contributed by atoms with Crippen LogP contribution < -0.4 is 15.4 Å². The number of nitrogens with one attached hydrogen (secondary N) is 2. The van der Waals surface area contributed by atoms with Crippen molar-refractivity contribution in [3.05, 3.63) is 53.3 Å². The maximum absolute atomic E-state index is 12.1. The number of hydrogen-bond acceptors (Lipinski definition) is 5. The van der Waals surface area contributed by atoms with E-state index in [-0.39, 0.29) is 24.8 Å². The Morgan fingerprint density at radius 3 is 2.79 bits per heavy atom. The van der Waals surface area contributed by atoms with Gasteiger partial charge in [0.25, 0.3) is 5.91 Å². The number of benzene rings is 1. The molecule has 146 valence electrons. The van der Waals surface area contributed by atoms with Gasteiger partial charge in [-0.15, -0.1) is 11.3 Å². The fourth-order valence-corrected chi connectivity index (χ4v) is 3.55. The highest BCUT2D eigenvalue weighted by molar-refractivity contribution is 7.15. The van der Waals surface area contributed by atoms with Gasteiger partial charge in [-0.2, -0.15) is 0 Å². The van der Waals surface area contributed by atoms with E-state index >= 15 is 0 Å². The highest BCUT2D eigenvalue weighted by atomic mass is 32.1. The van der Waals surface area contributed by atoms with Crippen LogP contribution in [-0.2, 0) is 22.4 Å². The predicted molar refractivity (Wildman–Crippen MR) is 107 cm³/mol. The SMILES string of the molecule is O=C(Cc1cn2ccsc2n1)NCCc1ccc(OCC(=O)NC2CC2)cc1. The van der Waals surface area contributed by atoms with E-state index in [1.165, 1.54) is 0 Å². The number of carbonyl (C=O) groups excluding carboxylic acids is 2. The largest absolute Gasteiger partial charge is 0.484 e. The number of aromatic nitrogens is 2. The first-order valence-corrected chi connectivity index (χ1v) is 10.2. The second-order valence-electron chi connectivity index (χ2n) is 6.88. The highest BCUT2D eigenvalue weighted by Crippen LogP contribution is 2.18. The molecule has 0 unspecified atom stereocenters. The molecule has 3 aromatic rings. The van der Waals surface area contributed by atoms with Gasteiger partial charge < -0.3 is 15.4 Å². The first-order valence-electron chi connectivity index (χ1n) is 9.34. The lowest BCUT2D eigenvalue weighted by Crippen LogP contribution is -2.30. The Bertz CT molecular complexity index is 931. The molecule has 28 heavy (non-hydrogen) atoms. The molecule has 0 radical (unpaired) electrons. The highest BCUT2D eigenvalue weighted by Gasteiger charge is 2.23. The second-order valence-corrected chi connectivity index (χ2v) is 7.75. The maximum Gasteiger partial charge on any atom is 0.258 e. The lowest BCUT2D eigenvalue weighted by Gasteiger charge is -2.08. The van der Waals surface area contributed by atoms with E-state index in [0.29, 0.717) is 18.3 Å². The summed E-state index contributed by atoms with van der Waals surface area (Å²) in [6.45, 7) is 0.600. The Hall–Kier alpha value is -2.87. The summed E-state index contributed by atoms with van der Waals surface area (Å²) >= 11 is 1.55. The number of fused-ring (bicyclic) bond motifs is 1. The number of rotatable bonds is 9. The van der Waals surface area contributed by atoms with Gasteiger partial charge in [0.1, 0.15) is 5.75 Å². The van der Waals surface area contributed by atoms with Crippen LogP contribution in [0.4, 0.5) is 0 Å². The Morgan fingerprint density at radius 2 is 2.04 bits per heavy atom. The van der Waals surface area contributed by atoms with Gasteiger partial charge in [-0.3, -0.25) is 14.0 Å². The minimum absolute atomic E-state index is 0.0348. The molecule has 1 aliphatic carbocycles. The summed E-state index contributed by atoms with van der Waals surface area (Å²) in [4.78, 5) is 29.0. The molecule has 8 heteroatoms. The average molecular weight is 398 g/mol. The van der Waals surface area contributed by atoms with Crippen molar-refractivity contribution in [2.45, 2.75) is 31.7 Å². The third-order valence-electron chi connectivity index (χ3n) is 4.46. The van der Waals surface area contributed by atoms with Crippen molar-refractivity contribution in [1.29, 1.82) is 0 Å². The van der Waals surface area contributed by atoms with Crippen LogP contribution in [0.3, 0.4) is 0 Å². The molecule has 2 N–H and O–H groups in total. The van der Waals surface area contributed by atoms with Crippen molar-refractivity contribution < 1.29 is 14.3 Å². The molecule has 2 aromatic heterocycles. The van der Waals surface area contributed by atoms with Crippen LogP contribution in [-0.4, -0.2) is 40.4 Å². The Kier molecular flexibility index (Phi) is 5.57. The molecule has 0 atom stereocenters. The maximum atomic E-state index is 12.1. The van der Waals surface area contributed by atoms with Gasteiger partial charge in [0.15, 0.2) is 11.6 Å². The monoisotopic (exact) mass is 398 g/mol. The van der Waals surface area contributed by atoms with Gasteiger partial charge in [0.05, 0.1) is 12.1 Å². The summed E-state index contributed by atoms with van der Waals surface area (Å²) in [7, 11) is 0. The molecule has 0 spiro atoms. The number of imidazole rings is 1. The number of hydrogen-bond donors (Lipinski definition) is 2. The smallest absolute Gasteiger partial charge is 0.258 e. The van der Waals surface area contributed by atoms with Crippen LogP contribution in [0.5, 0.6) is 5.75 Å². The van der Waals surface area contributed by atoms with E-state index in [2.05, 4.69) is 15.6 Å². The second kappa shape index (κ2) is 8.43. The van der Waals surface area contributed by atoms with E-state index in [1.54, 1.807) is 11.3 Å². The number of thiazole rings is 1. The Balaban J connectivity index is 1.16. The van der Waals surface area contributed by atoms with Crippen molar-refractivity contribution in [2.24, 2.45) is 0 Å². The fourth-order valence-electron chi connectivity index (χ4n) is 2.83. The van der Waals surface area contributed by atoms with E-state index in [0.717, 1.165) is 35.5 Å². The third-order valence-corrected chi connectivity index (χ3v) is 5.23. The minimum Gasteiger partial charge on any atom is -0.484 e. The fraction of sp³-hybridized carbons (Fsp3) is 0.350.